The van der Waals surface area contributed by atoms with E-state index >= 15 is 0 Å². The molecule has 1 aliphatic heterocycles. The molecule has 0 radical (unpaired) electrons. The van der Waals surface area contributed by atoms with Gasteiger partial charge in [0.15, 0.2) is 5.82 Å². The highest BCUT2D eigenvalue weighted by Gasteiger charge is 2.30. The summed E-state index contributed by atoms with van der Waals surface area (Å²) in [4.78, 5) is 4.94. The fourth-order valence-electron chi connectivity index (χ4n) is 2.92. The Morgan fingerprint density at radius 1 is 1.24 bits per heavy atom. The molecule has 2 rings (SSSR count). The van der Waals surface area contributed by atoms with E-state index in [-0.39, 0.29) is 5.54 Å². The highest BCUT2D eigenvalue weighted by atomic mass is 15.6. The van der Waals surface area contributed by atoms with E-state index < -0.39 is 0 Å². The Morgan fingerprint density at radius 2 is 1.90 bits per heavy atom. The van der Waals surface area contributed by atoms with Gasteiger partial charge in [0.1, 0.15) is 0 Å². The van der Waals surface area contributed by atoms with Gasteiger partial charge >= 0.3 is 0 Å². The first-order valence-electron chi connectivity index (χ1n) is 7.83. The number of nitrogens with zero attached hydrogens (tertiary/aromatic N) is 6. The van der Waals surface area contributed by atoms with E-state index in [1.54, 1.807) is 0 Å². The molecule has 118 valence electrons. The van der Waals surface area contributed by atoms with E-state index in [0.29, 0.717) is 6.04 Å². The number of tetrazole rings is 1. The van der Waals surface area contributed by atoms with E-state index in [0.717, 1.165) is 45.0 Å². The lowest BCUT2D eigenvalue weighted by molar-refractivity contribution is 0.0920. The predicted molar refractivity (Wildman–Crippen MR) is 84.1 cm³/mol. The molecule has 1 aliphatic rings. The number of piperazine rings is 1. The Hall–Kier alpha value is -1.27. The van der Waals surface area contributed by atoms with Crippen molar-refractivity contribution in [2.75, 3.05) is 32.7 Å². The molecular weight excluding hydrogens is 264 g/mol. The summed E-state index contributed by atoms with van der Waals surface area (Å²) in [5, 5.41) is 12.4. The van der Waals surface area contributed by atoms with Gasteiger partial charge in [0.05, 0.1) is 11.6 Å². The lowest BCUT2D eigenvalue weighted by Gasteiger charge is -2.38. The number of aromatic nitrogens is 4. The zero-order chi connectivity index (χ0) is 15.5. The molecule has 1 aromatic heterocycles. The van der Waals surface area contributed by atoms with Crippen LogP contribution in [-0.4, -0.2) is 62.7 Å². The van der Waals surface area contributed by atoms with Crippen LogP contribution in [-0.2, 0) is 5.54 Å². The molecule has 0 aliphatic carbocycles. The van der Waals surface area contributed by atoms with Gasteiger partial charge in [-0.05, 0) is 37.6 Å². The second kappa shape index (κ2) is 6.66. The van der Waals surface area contributed by atoms with Gasteiger partial charge in [-0.25, -0.2) is 4.68 Å². The van der Waals surface area contributed by atoms with Crippen LogP contribution in [0.2, 0.25) is 0 Å². The van der Waals surface area contributed by atoms with Gasteiger partial charge in [-0.15, -0.1) is 11.7 Å². The highest BCUT2D eigenvalue weighted by molar-refractivity contribution is 4.97. The summed E-state index contributed by atoms with van der Waals surface area (Å²) < 4.78 is 1.97. The summed E-state index contributed by atoms with van der Waals surface area (Å²) in [6.45, 7) is 17.7. The maximum Gasteiger partial charge on any atom is 0.168 e. The largest absolute Gasteiger partial charge is 0.297 e. The van der Waals surface area contributed by atoms with E-state index in [1.807, 2.05) is 10.8 Å². The van der Waals surface area contributed by atoms with Gasteiger partial charge in [-0.2, -0.15) is 0 Å². The van der Waals surface area contributed by atoms with Crippen LogP contribution >= 0.6 is 0 Å². The lowest BCUT2D eigenvalue weighted by Crippen LogP contribution is -2.48. The number of hydrogen-bond acceptors (Lipinski definition) is 5. The summed E-state index contributed by atoms with van der Waals surface area (Å²) in [6.07, 6.45) is 3.00. The van der Waals surface area contributed by atoms with Crippen molar-refractivity contribution in [3.05, 3.63) is 18.5 Å². The zero-order valence-electron chi connectivity index (χ0n) is 13.8. The topological polar surface area (TPSA) is 50.1 Å². The molecule has 1 aromatic rings. The molecule has 0 aromatic carbocycles. The molecule has 0 N–H and O–H groups in total. The smallest absolute Gasteiger partial charge is 0.168 e. The molecule has 21 heavy (non-hydrogen) atoms. The predicted octanol–water partition coefficient (Wildman–Crippen LogP) is 1.68. The summed E-state index contributed by atoms with van der Waals surface area (Å²) in [5.74, 6) is 0.988. The minimum atomic E-state index is -0.0864. The Balaban J connectivity index is 2.11. The van der Waals surface area contributed by atoms with Gasteiger partial charge < -0.3 is 0 Å². The third-order valence-corrected chi connectivity index (χ3v) is 4.05. The van der Waals surface area contributed by atoms with Crippen LogP contribution < -0.4 is 0 Å². The van der Waals surface area contributed by atoms with E-state index in [9.17, 15) is 0 Å². The normalized spacial score (nSPS) is 19.6. The van der Waals surface area contributed by atoms with E-state index in [2.05, 4.69) is 59.6 Å². The van der Waals surface area contributed by atoms with Crippen LogP contribution in [0.5, 0.6) is 0 Å². The molecule has 0 spiro atoms. The third kappa shape index (κ3) is 3.68. The van der Waals surface area contributed by atoms with Crippen molar-refractivity contribution in [2.45, 2.75) is 45.7 Å². The molecule has 6 nitrogen and oxygen atoms in total. The molecular formula is C15H28N6. The van der Waals surface area contributed by atoms with Gasteiger partial charge in [0.2, 0.25) is 0 Å². The maximum atomic E-state index is 4.31. The summed E-state index contributed by atoms with van der Waals surface area (Å²) in [7, 11) is 0. The van der Waals surface area contributed by atoms with Crippen molar-refractivity contribution in [3.63, 3.8) is 0 Å². The van der Waals surface area contributed by atoms with Crippen LogP contribution in [0.1, 0.15) is 46.0 Å². The fraction of sp³-hybridized carbons (Fsp3) is 0.800. The van der Waals surface area contributed by atoms with Crippen LogP contribution in [0.3, 0.4) is 0 Å². The van der Waals surface area contributed by atoms with Crippen molar-refractivity contribution in [1.82, 2.24) is 30.0 Å². The number of rotatable bonds is 5. The second-order valence-corrected chi connectivity index (χ2v) is 6.67. The minimum absolute atomic E-state index is 0.0864. The molecule has 0 amide bonds. The summed E-state index contributed by atoms with van der Waals surface area (Å²) >= 11 is 0. The Bertz CT molecular complexity index is 453. The number of hydrogen-bond donors (Lipinski definition) is 0. The zero-order valence-corrected chi connectivity index (χ0v) is 13.8. The molecule has 1 saturated heterocycles. The molecule has 0 saturated carbocycles. The van der Waals surface area contributed by atoms with E-state index in [4.69, 9.17) is 0 Å². The molecule has 2 heterocycles. The van der Waals surface area contributed by atoms with Gasteiger partial charge in [-0.1, -0.05) is 13.0 Å². The van der Waals surface area contributed by atoms with Crippen molar-refractivity contribution in [2.24, 2.45) is 0 Å². The Morgan fingerprint density at radius 3 is 2.43 bits per heavy atom. The fourth-order valence-corrected chi connectivity index (χ4v) is 2.92. The third-order valence-electron chi connectivity index (χ3n) is 4.05. The van der Waals surface area contributed by atoms with Crippen molar-refractivity contribution in [3.8, 4) is 0 Å². The van der Waals surface area contributed by atoms with Crippen molar-refractivity contribution >= 4 is 0 Å². The molecule has 1 atom stereocenters. The maximum absolute atomic E-state index is 4.31. The first-order chi connectivity index (χ1) is 9.97. The molecule has 6 heteroatoms. The lowest BCUT2D eigenvalue weighted by atomic mass is 10.1. The summed E-state index contributed by atoms with van der Waals surface area (Å²) in [6, 6.07) is 0.296. The second-order valence-electron chi connectivity index (χ2n) is 6.67. The standard InChI is InChI=1S/C15H28N6/c1-6-8-19-9-11-20(12-10-19)13(7-2)14-16-17-18-21(14)15(3,4)5/h6,13H,1,7-12H2,2-5H3. The highest BCUT2D eigenvalue weighted by Crippen LogP contribution is 2.26. The van der Waals surface area contributed by atoms with Crippen molar-refractivity contribution in [1.29, 1.82) is 0 Å². The van der Waals surface area contributed by atoms with Gasteiger partial charge in [0.25, 0.3) is 0 Å². The summed E-state index contributed by atoms with van der Waals surface area (Å²) in [5.41, 5.74) is -0.0864. The van der Waals surface area contributed by atoms with Crippen LogP contribution in [0.25, 0.3) is 0 Å². The quantitative estimate of drug-likeness (QED) is 0.773. The monoisotopic (exact) mass is 292 g/mol. The molecule has 1 unspecified atom stereocenters. The minimum Gasteiger partial charge on any atom is -0.297 e. The molecule has 1 fully saturated rings. The van der Waals surface area contributed by atoms with Crippen LogP contribution in [0.4, 0.5) is 0 Å². The first-order valence-corrected chi connectivity index (χ1v) is 7.83. The average molecular weight is 292 g/mol. The van der Waals surface area contributed by atoms with E-state index in [1.165, 1.54) is 0 Å². The molecule has 0 bridgehead atoms. The van der Waals surface area contributed by atoms with Gasteiger partial charge in [-0.3, -0.25) is 9.80 Å². The van der Waals surface area contributed by atoms with Crippen LogP contribution in [0, 0.1) is 0 Å². The first kappa shape index (κ1) is 16.1. The SMILES string of the molecule is C=CCN1CCN(C(CC)c2nnnn2C(C)(C)C)CC1. The Kier molecular flexibility index (Phi) is 5.11. The Labute approximate surface area is 127 Å². The van der Waals surface area contributed by atoms with Gasteiger partial charge in [0, 0.05) is 32.7 Å². The van der Waals surface area contributed by atoms with Crippen LogP contribution in [0.15, 0.2) is 12.7 Å². The average Bonchev–Trinajstić information content (AvgIpc) is 2.91. The van der Waals surface area contributed by atoms with Crippen molar-refractivity contribution < 1.29 is 0 Å².